The van der Waals surface area contributed by atoms with Crippen LogP contribution in [0.15, 0.2) is 0 Å². The van der Waals surface area contributed by atoms with E-state index in [4.69, 9.17) is 12.2 Å². The van der Waals surface area contributed by atoms with E-state index in [2.05, 4.69) is 44.8 Å². The molecule has 0 bridgehead atoms. The second-order valence-electron chi connectivity index (χ2n) is 6.59. The molecular weight excluding hydrogens is 228 g/mol. The maximum Gasteiger partial charge on any atom is 0.169 e. The summed E-state index contributed by atoms with van der Waals surface area (Å²) in [5.74, 6) is 0.828. The van der Waals surface area contributed by atoms with Gasteiger partial charge in [-0.1, -0.05) is 20.8 Å². The van der Waals surface area contributed by atoms with Gasteiger partial charge in [0.2, 0.25) is 0 Å². The van der Waals surface area contributed by atoms with E-state index in [-0.39, 0.29) is 0 Å². The molecule has 17 heavy (non-hydrogen) atoms. The van der Waals surface area contributed by atoms with Gasteiger partial charge >= 0.3 is 0 Å². The maximum atomic E-state index is 5.46. The summed E-state index contributed by atoms with van der Waals surface area (Å²) in [6.07, 6.45) is 3.87. The van der Waals surface area contributed by atoms with Crippen molar-refractivity contribution in [2.24, 2.45) is 11.3 Å². The second kappa shape index (κ2) is 6.03. The van der Waals surface area contributed by atoms with Crippen LogP contribution in [0.2, 0.25) is 0 Å². The summed E-state index contributed by atoms with van der Waals surface area (Å²) in [5, 5.41) is 4.29. The highest BCUT2D eigenvalue weighted by Crippen LogP contribution is 2.34. The van der Waals surface area contributed by atoms with Crippen molar-refractivity contribution in [1.29, 1.82) is 0 Å². The quantitative estimate of drug-likeness (QED) is 0.724. The molecule has 0 radical (unpaired) electrons. The summed E-state index contributed by atoms with van der Waals surface area (Å²) >= 11 is 5.46. The lowest BCUT2D eigenvalue weighted by molar-refractivity contribution is 0.216. The monoisotopic (exact) mass is 256 g/mol. The molecule has 1 unspecified atom stereocenters. The number of nitrogens with one attached hydrogen (secondary N) is 1. The molecule has 1 aliphatic heterocycles. The molecule has 1 heterocycles. The molecule has 3 heteroatoms. The molecule has 0 aliphatic carbocycles. The molecule has 0 aromatic heterocycles. The van der Waals surface area contributed by atoms with Gasteiger partial charge in [-0.3, -0.25) is 0 Å². The molecular formula is C14H28N2S. The minimum atomic E-state index is 0.434. The number of thiocarbonyl (C=S) groups is 1. The van der Waals surface area contributed by atoms with Crippen LogP contribution in [0, 0.1) is 11.3 Å². The van der Waals surface area contributed by atoms with Crippen molar-refractivity contribution in [3.05, 3.63) is 0 Å². The molecule has 0 spiro atoms. The predicted octanol–water partition coefficient (Wildman–Crippen LogP) is 3.42. The van der Waals surface area contributed by atoms with E-state index in [1.807, 2.05) is 0 Å². The Balaban J connectivity index is 2.50. The Bertz CT molecular complexity index is 255. The van der Waals surface area contributed by atoms with Gasteiger partial charge < -0.3 is 10.2 Å². The SMILES string of the molecule is CC(C)NC(=S)N1CCCC(C(C)(C)C)CC1. The standard InChI is InChI=1S/C14H28N2S/c1-11(2)15-13(17)16-9-6-7-12(8-10-16)14(3,4)5/h11-12H,6-10H2,1-5H3,(H,15,17). The molecule has 1 atom stereocenters. The van der Waals surface area contributed by atoms with E-state index in [9.17, 15) is 0 Å². The molecule has 0 saturated carbocycles. The first-order valence-corrected chi connectivity index (χ1v) is 7.27. The normalized spacial score (nSPS) is 22.5. The molecule has 1 aliphatic rings. The predicted molar refractivity (Wildman–Crippen MR) is 79.2 cm³/mol. The largest absolute Gasteiger partial charge is 0.360 e. The van der Waals surface area contributed by atoms with Gasteiger partial charge in [-0.15, -0.1) is 0 Å². The number of hydrogen-bond acceptors (Lipinski definition) is 1. The molecule has 1 saturated heterocycles. The number of rotatable bonds is 1. The lowest BCUT2D eigenvalue weighted by atomic mass is 9.77. The molecule has 2 nitrogen and oxygen atoms in total. The highest BCUT2D eigenvalue weighted by molar-refractivity contribution is 7.80. The van der Waals surface area contributed by atoms with Crippen LogP contribution in [0.4, 0.5) is 0 Å². The number of nitrogens with zero attached hydrogens (tertiary/aromatic N) is 1. The average molecular weight is 256 g/mol. The zero-order valence-corrected chi connectivity index (χ0v) is 12.9. The smallest absolute Gasteiger partial charge is 0.169 e. The zero-order chi connectivity index (χ0) is 13.1. The first kappa shape index (κ1) is 14.7. The Hall–Kier alpha value is -0.310. The topological polar surface area (TPSA) is 15.3 Å². The van der Waals surface area contributed by atoms with Gasteiger partial charge in [0.25, 0.3) is 0 Å². The van der Waals surface area contributed by atoms with Gasteiger partial charge in [0.1, 0.15) is 0 Å². The fraction of sp³-hybridized carbons (Fsp3) is 0.929. The third kappa shape index (κ3) is 4.82. The van der Waals surface area contributed by atoms with Gasteiger partial charge in [0.05, 0.1) is 0 Å². The van der Waals surface area contributed by atoms with Crippen molar-refractivity contribution >= 4 is 17.3 Å². The fourth-order valence-corrected chi connectivity index (χ4v) is 2.92. The minimum Gasteiger partial charge on any atom is -0.360 e. The third-order valence-electron chi connectivity index (χ3n) is 3.65. The first-order chi connectivity index (χ1) is 7.80. The van der Waals surface area contributed by atoms with E-state index in [0.29, 0.717) is 11.5 Å². The molecule has 1 N–H and O–H groups in total. The lowest BCUT2D eigenvalue weighted by Gasteiger charge is -2.30. The van der Waals surface area contributed by atoms with Gasteiger partial charge in [-0.05, 0) is 56.7 Å². The van der Waals surface area contributed by atoms with Gasteiger partial charge in [-0.2, -0.15) is 0 Å². The van der Waals surface area contributed by atoms with Crippen LogP contribution in [0.25, 0.3) is 0 Å². The maximum absolute atomic E-state index is 5.46. The van der Waals surface area contributed by atoms with Crippen LogP contribution in [0.3, 0.4) is 0 Å². The van der Waals surface area contributed by atoms with E-state index >= 15 is 0 Å². The van der Waals surface area contributed by atoms with Crippen molar-refractivity contribution < 1.29 is 0 Å². The van der Waals surface area contributed by atoms with Crippen molar-refractivity contribution in [3.8, 4) is 0 Å². The Kier molecular flexibility index (Phi) is 5.23. The molecule has 0 aromatic carbocycles. The summed E-state index contributed by atoms with van der Waals surface area (Å²) in [6, 6.07) is 0.434. The van der Waals surface area contributed by atoms with Gasteiger partial charge in [0.15, 0.2) is 5.11 Å². The summed E-state index contributed by atoms with van der Waals surface area (Å²) in [4.78, 5) is 2.35. The Morgan fingerprint density at radius 2 is 1.88 bits per heavy atom. The Morgan fingerprint density at radius 3 is 2.41 bits per heavy atom. The van der Waals surface area contributed by atoms with Crippen molar-refractivity contribution in [3.63, 3.8) is 0 Å². The summed E-state index contributed by atoms with van der Waals surface area (Å²) in [6.45, 7) is 13.6. The van der Waals surface area contributed by atoms with E-state index in [1.54, 1.807) is 0 Å². The number of hydrogen-bond donors (Lipinski definition) is 1. The Morgan fingerprint density at radius 1 is 1.24 bits per heavy atom. The van der Waals surface area contributed by atoms with Crippen molar-refractivity contribution in [2.45, 2.75) is 59.9 Å². The molecule has 100 valence electrons. The minimum absolute atomic E-state index is 0.434. The van der Waals surface area contributed by atoms with Crippen molar-refractivity contribution in [2.75, 3.05) is 13.1 Å². The van der Waals surface area contributed by atoms with E-state index in [1.165, 1.54) is 19.3 Å². The van der Waals surface area contributed by atoms with Crippen LogP contribution >= 0.6 is 12.2 Å². The summed E-state index contributed by atoms with van der Waals surface area (Å²) in [5.41, 5.74) is 0.434. The fourth-order valence-electron chi connectivity index (χ4n) is 2.50. The highest BCUT2D eigenvalue weighted by Gasteiger charge is 2.27. The van der Waals surface area contributed by atoms with Crippen LogP contribution in [-0.4, -0.2) is 29.1 Å². The summed E-state index contributed by atoms with van der Waals surface area (Å²) in [7, 11) is 0. The molecule has 0 amide bonds. The second-order valence-corrected chi connectivity index (χ2v) is 6.97. The molecule has 1 rings (SSSR count). The summed E-state index contributed by atoms with van der Waals surface area (Å²) < 4.78 is 0. The van der Waals surface area contributed by atoms with Gasteiger partial charge in [0, 0.05) is 19.1 Å². The number of likely N-dealkylation sites (tertiary alicyclic amines) is 1. The lowest BCUT2D eigenvalue weighted by Crippen LogP contribution is -2.43. The molecule has 0 aromatic rings. The van der Waals surface area contributed by atoms with Crippen LogP contribution < -0.4 is 5.32 Å². The highest BCUT2D eigenvalue weighted by atomic mass is 32.1. The third-order valence-corrected chi connectivity index (χ3v) is 4.03. The Labute approximate surface area is 112 Å². The van der Waals surface area contributed by atoms with Crippen LogP contribution in [-0.2, 0) is 0 Å². The van der Waals surface area contributed by atoms with Gasteiger partial charge in [-0.25, -0.2) is 0 Å². The van der Waals surface area contributed by atoms with Crippen molar-refractivity contribution in [1.82, 2.24) is 10.2 Å². The van der Waals surface area contributed by atoms with E-state index in [0.717, 1.165) is 24.1 Å². The van der Waals surface area contributed by atoms with Crippen LogP contribution in [0.1, 0.15) is 53.9 Å². The van der Waals surface area contributed by atoms with E-state index < -0.39 is 0 Å². The van der Waals surface area contributed by atoms with Crippen LogP contribution in [0.5, 0.6) is 0 Å². The average Bonchev–Trinajstić information content (AvgIpc) is 2.40. The first-order valence-electron chi connectivity index (χ1n) is 6.86. The molecule has 1 fully saturated rings. The zero-order valence-electron chi connectivity index (χ0n) is 12.0.